The molecule has 2 aromatic carbocycles. The van der Waals surface area contributed by atoms with E-state index >= 15 is 0 Å². The Kier molecular flexibility index (Phi) is 6.34. The van der Waals surface area contributed by atoms with Crippen LogP contribution in [-0.4, -0.2) is 18.2 Å². The molecular weight excluding hydrogens is 406 g/mol. The molecule has 0 fully saturated rings. The molecule has 0 radical (unpaired) electrons. The molecule has 0 atom stereocenters. The number of aromatic nitrogens is 2. The van der Waals surface area contributed by atoms with Crippen LogP contribution in [0.25, 0.3) is 0 Å². The fraction of sp³-hybridized carbons (Fsp3) is 0.318. The lowest BCUT2D eigenvalue weighted by molar-refractivity contribution is 0.601. The number of nitrogens with one attached hydrogen (secondary N) is 1. The maximum atomic E-state index is 12.9. The zero-order chi connectivity index (χ0) is 21.2. The number of hydrogen-bond donors (Lipinski definition) is 1. The van der Waals surface area contributed by atoms with Crippen molar-refractivity contribution in [3.63, 3.8) is 0 Å². The second-order valence-corrected chi connectivity index (χ2v) is 9.80. The van der Waals surface area contributed by atoms with Gasteiger partial charge in [-0.15, -0.1) is 0 Å². The molecule has 29 heavy (non-hydrogen) atoms. The van der Waals surface area contributed by atoms with Crippen molar-refractivity contribution in [1.29, 1.82) is 0 Å². The molecule has 1 heterocycles. The first kappa shape index (κ1) is 21.4. The third kappa shape index (κ3) is 5.19. The summed E-state index contributed by atoms with van der Waals surface area (Å²) in [6.07, 6.45) is 0.920. The fourth-order valence-electron chi connectivity index (χ4n) is 3.23. The van der Waals surface area contributed by atoms with Crippen LogP contribution in [0.1, 0.15) is 36.4 Å². The van der Waals surface area contributed by atoms with Crippen LogP contribution in [0.2, 0.25) is 5.02 Å². The lowest BCUT2D eigenvalue weighted by atomic mass is 10.0. The highest BCUT2D eigenvalue weighted by atomic mass is 35.5. The van der Waals surface area contributed by atoms with Crippen LogP contribution in [0.5, 0.6) is 0 Å². The monoisotopic (exact) mass is 431 g/mol. The van der Waals surface area contributed by atoms with Crippen molar-refractivity contribution in [2.45, 2.75) is 45.6 Å². The van der Waals surface area contributed by atoms with E-state index < -0.39 is 10.0 Å². The molecule has 5 nitrogen and oxygen atoms in total. The first-order chi connectivity index (χ1) is 13.7. The molecule has 0 unspecified atom stereocenters. The Bertz CT molecular complexity index is 1090. The van der Waals surface area contributed by atoms with Crippen molar-refractivity contribution in [1.82, 2.24) is 9.78 Å². The van der Waals surface area contributed by atoms with Gasteiger partial charge in [-0.3, -0.25) is 9.40 Å². The summed E-state index contributed by atoms with van der Waals surface area (Å²) in [7, 11) is -3.69. The predicted octanol–water partition coefficient (Wildman–Crippen LogP) is 5.20. The number of anilines is 1. The van der Waals surface area contributed by atoms with Crippen molar-refractivity contribution in [3.05, 3.63) is 76.1 Å². The van der Waals surface area contributed by atoms with Crippen molar-refractivity contribution in [2.24, 2.45) is 5.92 Å². The van der Waals surface area contributed by atoms with Gasteiger partial charge in [0.1, 0.15) is 0 Å². The van der Waals surface area contributed by atoms with Gasteiger partial charge in [-0.25, -0.2) is 8.42 Å². The summed E-state index contributed by atoms with van der Waals surface area (Å²) >= 11 is 5.94. The third-order valence-corrected chi connectivity index (χ3v) is 6.36. The minimum absolute atomic E-state index is 0.245. The Morgan fingerprint density at radius 3 is 2.17 bits per heavy atom. The van der Waals surface area contributed by atoms with E-state index in [0.717, 1.165) is 23.2 Å². The van der Waals surface area contributed by atoms with Crippen LogP contribution < -0.4 is 4.72 Å². The zero-order valence-electron chi connectivity index (χ0n) is 17.1. The summed E-state index contributed by atoms with van der Waals surface area (Å²) in [6, 6.07) is 14.6. The fourth-order valence-corrected chi connectivity index (χ4v) is 4.53. The molecule has 1 N–H and O–H groups in total. The van der Waals surface area contributed by atoms with Gasteiger partial charge in [0.05, 0.1) is 28.5 Å². The molecule has 0 amide bonds. The van der Waals surface area contributed by atoms with Crippen molar-refractivity contribution in [2.75, 3.05) is 4.72 Å². The van der Waals surface area contributed by atoms with Crippen LogP contribution in [-0.2, 0) is 23.0 Å². The van der Waals surface area contributed by atoms with E-state index in [0.29, 0.717) is 28.9 Å². The standard InChI is InChI=1S/C22H26ClN3O2S/c1-15(2)13-18-7-11-21(12-8-18)29(27,28)25-22-16(3)24-26(17(22)4)14-19-5-9-20(23)10-6-19/h5-12,15,25H,13-14H2,1-4H3. The molecule has 0 saturated heterocycles. The molecule has 0 aliphatic rings. The number of hydrogen-bond acceptors (Lipinski definition) is 3. The van der Waals surface area contributed by atoms with E-state index in [1.165, 1.54) is 0 Å². The Morgan fingerprint density at radius 1 is 1.00 bits per heavy atom. The van der Waals surface area contributed by atoms with Crippen LogP contribution in [0.15, 0.2) is 53.4 Å². The van der Waals surface area contributed by atoms with E-state index in [-0.39, 0.29) is 4.90 Å². The van der Waals surface area contributed by atoms with Crippen molar-refractivity contribution < 1.29 is 8.42 Å². The van der Waals surface area contributed by atoms with E-state index in [4.69, 9.17) is 11.6 Å². The third-order valence-electron chi connectivity index (χ3n) is 4.74. The molecule has 3 aromatic rings. The van der Waals surface area contributed by atoms with Gasteiger partial charge in [0, 0.05) is 5.02 Å². The lowest BCUT2D eigenvalue weighted by Crippen LogP contribution is -2.14. The van der Waals surface area contributed by atoms with Crippen molar-refractivity contribution >= 4 is 27.3 Å². The van der Waals surface area contributed by atoms with Gasteiger partial charge >= 0.3 is 0 Å². The Balaban J connectivity index is 1.81. The van der Waals surface area contributed by atoms with E-state index in [1.807, 2.05) is 43.3 Å². The highest BCUT2D eigenvalue weighted by molar-refractivity contribution is 7.92. The lowest BCUT2D eigenvalue weighted by Gasteiger charge is -2.10. The first-order valence-corrected chi connectivity index (χ1v) is 11.4. The summed E-state index contributed by atoms with van der Waals surface area (Å²) < 4.78 is 30.3. The average molecular weight is 432 g/mol. The van der Waals surface area contributed by atoms with Crippen LogP contribution in [0.4, 0.5) is 5.69 Å². The molecule has 0 saturated carbocycles. The second kappa shape index (κ2) is 8.59. The second-order valence-electron chi connectivity index (χ2n) is 7.68. The summed E-state index contributed by atoms with van der Waals surface area (Å²) in [5, 5.41) is 5.19. The normalized spacial score (nSPS) is 11.8. The summed E-state index contributed by atoms with van der Waals surface area (Å²) in [5.74, 6) is 0.521. The smallest absolute Gasteiger partial charge is 0.262 e. The molecule has 0 bridgehead atoms. The molecule has 154 valence electrons. The van der Waals surface area contributed by atoms with Gasteiger partial charge in [-0.05, 0) is 61.6 Å². The van der Waals surface area contributed by atoms with Crippen LogP contribution in [0.3, 0.4) is 0 Å². The molecule has 0 spiro atoms. The molecule has 0 aliphatic carbocycles. The Hall–Kier alpha value is -2.31. The molecular formula is C22H26ClN3O2S. The molecule has 1 aromatic heterocycles. The maximum Gasteiger partial charge on any atom is 0.262 e. The summed E-state index contributed by atoms with van der Waals surface area (Å²) in [6.45, 7) is 8.48. The SMILES string of the molecule is Cc1nn(Cc2ccc(Cl)cc2)c(C)c1NS(=O)(=O)c1ccc(CC(C)C)cc1. The molecule has 7 heteroatoms. The number of benzene rings is 2. The molecule has 3 rings (SSSR count). The largest absolute Gasteiger partial charge is 0.276 e. The van der Waals surface area contributed by atoms with E-state index in [9.17, 15) is 8.42 Å². The predicted molar refractivity (Wildman–Crippen MR) is 118 cm³/mol. The van der Waals surface area contributed by atoms with Crippen LogP contribution >= 0.6 is 11.6 Å². The number of nitrogens with zero attached hydrogens (tertiary/aromatic N) is 2. The minimum Gasteiger partial charge on any atom is -0.276 e. The topological polar surface area (TPSA) is 64.0 Å². The van der Waals surface area contributed by atoms with Gasteiger partial charge in [0.15, 0.2) is 0 Å². The van der Waals surface area contributed by atoms with Gasteiger partial charge in [0.25, 0.3) is 10.0 Å². The Labute approximate surface area is 177 Å². The zero-order valence-corrected chi connectivity index (χ0v) is 18.7. The van der Waals surface area contributed by atoms with E-state index in [1.54, 1.807) is 23.7 Å². The highest BCUT2D eigenvalue weighted by Gasteiger charge is 2.20. The highest BCUT2D eigenvalue weighted by Crippen LogP contribution is 2.25. The minimum atomic E-state index is -3.69. The quantitative estimate of drug-likeness (QED) is 0.559. The van der Waals surface area contributed by atoms with E-state index in [2.05, 4.69) is 23.7 Å². The van der Waals surface area contributed by atoms with Crippen LogP contribution in [0, 0.1) is 19.8 Å². The van der Waals surface area contributed by atoms with Gasteiger partial charge in [-0.2, -0.15) is 5.10 Å². The number of rotatable bonds is 7. The first-order valence-electron chi connectivity index (χ1n) is 9.56. The summed E-state index contributed by atoms with van der Waals surface area (Å²) in [4.78, 5) is 0.245. The number of sulfonamides is 1. The average Bonchev–Trinajstić information content (AvgIpc) is 2.91. The van der Waals surface area contributed by atoms with Crippen molar-refractivity contribution in [3.8, 4) is 0 Å². The Morgan fingerprint density at radius 2 is 1.59 bits per heavy atom. The number of aryl methyl sites for hydroxylation is 1. The van der Waals surface area contributed by atoms with Gasteiger partial charge < -0.3 is 0 Å². The molecule has 0 aliphatic heterocycles. The number of halogens is 1. The summed E-state index contributed by atoms with van der Waals surface area (Å²) in [5.41, 5.74) is 4.08. The van der Waals surface area contributed by atoms with Gasteiger partial charge in [-0.1, -0.05) is 49.7 Å². The maximum absolute atomic E-state index is 12.9. The van der Waals surface area contributed by atoms with Gasteiger partial charge in [0.2, 0.25) is 0 Å².